The first kappa shape index (κ1) is 14.5. The van der Waals surface area contributed by atoms with Crippen LogP contribution < -0.4 is 10.5 Å². The van der Waals surface area contributed by atoms with Gasteiger partial charge in [0.05, 0.1) is 17.6 Å². The molecule has 0 radical (unpaired) electrons. The van der Waals surface area contributed by atoms with Gasteiger partial charge in [-0.05, 0) is 37.1 Å². The smallest absolute Gasteiger partial charge is 0.240 e. The molecule has 108 valence electrons. The van der Waals surface area contributed by atoms with Gasteiger partial charge in [-0.25, -0.2) is 13.1 Å². The zero-order valence-corrected chi connectivity index (χ0v) is 12.3. The lowest BCUT2D eigenvalue weighted by Crippen LogP contribution is -2.28. The Hall–Kier alpha value is -1.86. The van der Waals surface area contributed by atoms with Gasteiger partial charge in [0.2, 0.25) is 10.0 Å². The third kappa shape index (κ3) is 3.37. The van der Waals surface area contributed by atoms with Crippen LogP contribution in [0.2, 0.25) is 0 Å². The molecule has 2 aromatic rings. The molecule has 1 heterocycles. The number of anilines is 1. The maximum absolute atomic E-state index is 12.2. The van der Waals surface area contributed by atoms with Crippen molar-refractivity contribution in [2.45, 2.75) is 25.3 Å². The molecule has 7 heteroatoms. The Morgan fingerprint density at radius 1 is 1.35 bits per heavy atom. The van der Waals surface area contributed by atoms with E-state index in [2.05, 4.69) is 9.82 Å². The molecule has 0 aliphatic carbocycles. The molecule has 0 atom stereocenters. The molecule has 0 aliphatic heterocycles. The van der Waals surface area contributed by atoms with Gasteiger partial charge in [0.1, 0.15) is 0 Å². The quantitative estimate of drug-likeness (QED) is 0.807. The number of nitrogen functional groups attached to an aromatic ring is 1. The van der Waals surface area contributed by atoms with Crippen LogP contribution in [0.1, 0.15) is 11.1 Å². The summed E-state index contributed by atoms with van der Waals surface area (Å²) in [4.78, 5) is 0.217. The summed E-state index contributed by atoms with van der Waals surface area (Å²) in [6, 6.07) is 4.84. The van der Waals surface area contributed by atoms with E-state index in [9.17, 15) is 8.42 Å². The third-order valence-corrected chi connectivity index (χ3v) is 4.50. The summed E-state index contributed by atoms with van der Waals surface area (Å²) < 4.78 is 28.7. The molecular weight excluding hydrogens is 276 g/mol. The molecule has 20 heavy (non-hydrogen) atoms. The maximum Gasteiger partial charge on any atom is 0.240 e. The fraction of sp³-hybridized carbons (Fsp3) is 0.308. The highest BCUT2D eigenvalue weighted by atomic mass is 32.2. The van der Waals surface area contributed by atoms with Crippen LogP contribution in [0.3, 0.4) is 0 Å². The summed E-state index contributed by atoms with van der Waals surface area (Å²) in [5, 5.41) is 4.10. The monoisotopic (exact) mass is 294 g/mol. The van der Waals surface area contributed by atoms with Crippen molar-refractivity contribution in [3.05, 3.63) is 41.7 Å². The SMILES string of the molecule is Cc1cnn(CCNS(=O)(=O)c2cc(N)ccc2C)c1. The Morgan fingerprint density at radius 3 is 2.75 bits per heavy atom. The van der Waals surface area contributed by atoms with E-state index in [0.717, 1.165) is 5.56 Å². The summed E-state index contributed by atoms with van der Waals surface area (Å²) in [7, 11) is -3.55. The van der Waals surface area contributed by atoms with Crippen molar-refractivity contribution in [2.24, 2.45) is 0 Å². The number of hydrogen-bond acceptors (Lipinski definition) is 4. The number of sulfonamides is 1. The molecule has 1 aromatic heterocycles. The first-order chi connectivity index (χ1) is 9.38. The summed E-state index contributed by atoms with van der Waals surface area (Å²) in [5.74, 6) is 0. The number of nitrogens with one attached hydrogen (secondary N) is 1. The van der Waals surface area contributed by atoms with Gasteiger partial charge in [0.25, 0.3) is 0 Å². The summed E-state index contributed by atoms with van der Waals surface area (Å²) in [6.45, 7) is 4.43. The second-order valence-corrected chi connectivity index (χ2v) is 6.44. The number of aromatic nitrogens is 2. The van der Waals surface area contributed by atoms with Crippen LogP contribution in [0.5, 0.6) is 0 Å². The van der Waals surface area contributed by atoms with Crippen LogP contribution in [0.25, 0.3) is 0 Å². The Morgan fingerprint density at radius 2 is 2.10 bits per heavy atom. The highest BCUT2D eigenvalue weighted by Crippen LogP contribution is 2.17. The van der Waals surface area contributed by atoms with Crippen molar-refractivity contribution in [1.82, 2.24) is 14.5 Å². The number of nitrogens with two attached hydrogens (primary N) is 1. The van der Waals surface area contributed by atoms with Crippen molar-refractivity contribution in [1.29, 1.82) is 0 Å². The molecule has 1 aromatic carbocycles. The topological polar surface area (TPSA) is 90.0 Å². The Kier molecular flexibility index (Phi) is 4.10. The molecular formula is C13H18N4O2S. The minimum absolute atomic E-state index is 0.217. The van der Waals surface area contributed by atoms with E-state index in [1.54, 1.807) is 29.9 Å². The van der Waals surface area contributed by atoms with E-state index < -0.39 is 10.0 Å². The minimum atomic E-state index is -3.55. The second-order valence-electron chi connectivity index (χ2n) is 4.70. The van der Waals surface area contributed by atoms with Gasteiger partial charge in [0, 0.05) is 18.4 Å². The number of aryl methyl sites for hydroxylation is 2. The van der Waals surface area contributed by atoms with Gasteiger partial charge in [-0.3, -0.25) is 4.68 Å². The van der Waals surface area contributed by atoms with Crippen molar-refractivity contribution in [3.8, 4) is 0 Å². The van der Waals surface area contributed by atoms with Crippen molar-refractivity contribution >= 4 is 15.7 Å². The van der Waals surface area contributed by atoms with Gasteiger partial charge in [-0.1, -0.05) is 6.07 Å². The zero-order chi connectivity index (χ0) is 14.8. The minimum Gasteiger partial charge on any atom is -0.399 e. The van der Waals surface area contributed by atoms with Crippen molar-refractivity contribution < 1.29 is 8.42 Å². The average Bonchev–Trinajstić information content (AvgIpc) is 2.78. The van der Waals surface area contributed by atoms with Crippen LogP contribution >= 0.6 is 0 Å². The summed E-state index contributed by atoms with van der Waals surface area (Å²) in [6.07, 6.45) is 3.59. The fourth-order valence-corrected chi connectivity index (χ4v) is 3.17. The first-order valence-electron chi connectivity index (χ1n) is 6.23. The predicted octanol–water partition coefficient (Wildman–Crippen LogP) is 1.06. The van der Waals surface area contributed by atoms with E-state index in [1.165, 1.54) is 6.07 Å². The summed E-state index contributed by atoms with van der Waals surface area (Å²) >= 11 is 0. The molecule has 0 spiro atoms. The lowest BCUT2D eigenvalue weighted by molar-refractivity contribution is 0.560. The van der Waals surface area contributed by atoms with Gasteiger partial charge in [-0.15, -0.1) is 0 Å². The average molecular weight is 294 g/mol. The van der Waals surface area contributed by atoms with E-state index in [0.29, 0.717) is 17.8 Å². The van der Waals surface area contributed by atoms with Crippen molar-refractivity contribution in [3.63, 3.8) is 0 Å². The standard InChI is InChI=1S/C13H18N4O2S/c1-10-8-15-17(9-10)6-5-16-20(18,19)13-7-12(14)4-3-11(13)2/h3-4,7-9,16H,5-6,14H2,1-2H3. The van der Waals surface area contributed by atoms with Crippen LogP contribution in [0, 0.1) is 13.8 Å². The lowest BCUT2D eigenvalue weighted by atomic mass is 10.2. The van der Waals surface area contributed by atoms with Crippen LogP contribution in [-0.2, 0) is 16.6 Å². The van der Waals surface area contributed by atoms with Crippen LogP contribution in [0.15, 0.2) is 35.5 Å². The molecule has 0 amide bonds. The lowest BCUT2D eigenvalue weighted by Gasteiger charge is -2.10. The normalized spacial score (nSPS) is 11.7. The number of benzene rings is 1. The van der Waals surface area contributed by atoms with Gasteiger partial charge in [-0.2, -0.15) is 5.10 Å². The highest BCUT2D eigenvalue weighted by Gasteiger charge is 2.16. The number of hydrogen-bond donors (Lipinski definition) is 2. The molecule has 3 N–H and O–H groups in total. The molecule has 2 rings (SSSR count). The molecule has 0 bridgehead atoms. The highest BCUT2D eigenvalue weighted by molar-refractivity contribution is 7.89. The Labute approximate surface area is 118 Å². The van der Waals surface area contributed by atoms with E-state index >= 15 is 0 Å². The van der Waals surface area contributed by atoms with Crippen LogP contribution in [-0.4, -0.2) is 24.7 Å². The molecule has 0 unspecified atom stereocenters. The van der Waals surface area contributed by atoms with E-state index in [1.807, 2.05) is 13.1 Å². The molecule has 0 aliphatic rings. The number of rotatable bonds is 5. The molecule has 0 fully saturated rings. The van der Waals surface area contributed by atoms with E-state index in [4.69, 9.17) is 5.73 Å². The fourth-order valence-electron chi connectivity index (χ4n) is 1.87. The second kappa shape index (κ2) is 5.64. The summed E-state index contributed by atoms with van der Waals surface area (Å²) in [5.41, 5.74) is 7.78. The van der Waals surface area contributed by atoms with Gasteiger partial charge in [0.15, 0.2) is 0 Å². The molecule has 0 saturated heterocycles. The van der Waals surface area contributed by atoms with Gasteiger partial charge >= 0.3 is 0 Å². The third-order valence-electron chi connectivity index (χ3n) is 2.90. The number of nitrogens with zero attached hydrogens (tertiary/aromatic N) is 2. The van der Waals surface area contributed by atoms with Gasteiger partial charge < -0.3 is 5.73 Å². The first-order valence-corrected chi connectivity index (χ1v) is 7.71. The predicted molar refractivity (Wildman–Crippen MR) is 77.7 cm³/mol. The molecule has 0 saturated carbocycles. The Bertz CT molecular complexity index is 707. The van der Waals surface area contributed by atoms with Crippen molar-refractivity contribution in [2.75, 3.05) is 12.3 Å². The maximum atomic E-state index is 12.2. The van der Waals surface area contributed by atoms with Crippen LogP contribution in [0.4, 0.5) is 5.69 Å². The largest absolute Gasteiger partial charge is 0.399 e. The zero-order valence-electron chi connectivity index (χ0n) is 11.5. The Balaban J connectivity index is 2.06. The van der Waals surface area contributed by atoms with E-state index in [-0.39, 0.29) is 11.4 Å². The molecule has 6 nitrogen and oxygen atoms in total.